The van der Waals surface area contributed by atoms with Crippen molar-refractivity contribution in [1.82, 2.24) is 4.90 Å². The lowest BCUT2D eigenvalue weighted by Crippen LogP contribution is -2.40. The van der Waals surface area contributed by atoms with Gasteiger partial charge in [0.2, 0.25) is 0 Å². The Bertz CT molecular complexity index is 359. The lowest BCUT2D eigenvalue weighted by Gasteiger charge is -2.26. The Morgan fingerprint density at radius 3 is 2.94 bits per heavy atom. The molecule has 16 heavy (non-hydrogen) atoms. The van der Waals surface area contributed by atoms with E-state index in [1.807, 2.05) is 16.3 Å². The number of rotatable bonds is 3. The van der Waals surface area contributed by atoms with Crippen LogP contribution in [0.1, 0.15) is 15.2 Å². The summed E-state index contributed by atoms with van der Waals surface area (Å²) in [6, 6.07) is 1.95. The highest BCUT2D eigenvalue weighted by molar-refractivity contribution is 7.12. The lowest BCUT2D eigenvalue weighted by atomic mass is 10.2. The minimum Gasteiger partial charge on any atom is -0.378 e. The van der Waals surface area contributed by atoms with Gasteiger partial charge in [0.15, 0.2) is 0 Å². The van der Waals surface area contributed by atoms with Crippen LogP contribution >= 0.6 is 11.3 Å². The van der Waals surface area contributed by atoms with Crippen molar-refractivity contribution < 1.29 is 9.53 Å². The van der Waals surface area contributed by atoms with Gasteiger partial charge in [0.1, 0.15) is 0 Å². The molecule has 1 aliphatic heterocycles. The third-order valence-corrected chi connectivity index (χ3v) is 3.56. The molecule has 0 aromatic carbocycles. The van der Waals surface area contributed by atoms with Crippen molar-refractivity contribution in [2.45, 2.75) is 6.42 Å². The van der Waals surface area contributed by atoms with Crippen LogP contribution < -0.4 is 5.73 Å². The fourth-order valence-electron chi connectivity index (χ4n) is 1.71. The van der Waals surface area contributed by atoms with E-state index < -0.39 is 0 Å². The maximum absolute atomic E-state index is 12.1. The van der Waals surface area contributed by atoms with Crippen LogP contribution in [-0.2, 0) is 11.2 Å². The highest BCUT2D eigenvalue weighted by Crippen LogP contribution is 2.17. The number of nitrogens with zero attached hydrogens (tertiary/aromatic N) is 1. The molecule has 88 valence electrons. The van der Waals surface area contributed by atoms with Crippen molar-refractivity contribution in [1.29, 1.82) is 0 Å². The number of nitrogens with two attached hydrogens (primary N) is 1. The van der Waals surface area contributed by atoms with E-state index in [9.17, 15) is 4.79 Å². The second-order valence-corrected chi connectivity index (χ2v) is 4.67. The largest absolute Gasteiger partial charge is 0.378 e. The van der Waals surface area contributed by atoms with Crippen LogP contribution in [0.15, 0.2) is 11.4 Å². The maximum atomic E-state index is 12.1. The van der Waals surface area contributed by atoms with E-state index in [4.69, 9.17) is 10.5 Å². The van der Waals surface area contributed by atoms with Gasteiger partial charge in [-0.1, -0.05) is 0 Å². The van der Waals surface area contributed by atoms with E-state index in [0.29, 0.717) is 32.8 Å². The van der Waals surface area contributed by atoms with E-state index in [0.717, 1.165) is 16.9 Å². The molecule has 0 bridgehead atoms. The van der Waals surface area contributed by atoms with Gasteiger partial charge >= 0.3 is 0 Å². The summed E-state index contributed by atoms with van der Waals surface area (Å²) in [6.45, 7) is 3.31. The summed E-state index contributed by atoms with van der Waals surface area (Å²) in [5.74, 6) is 0.122. The Kier molecular flexibility index (Phi) is 3.93. The third-order valence-electron chi connectivity index (χ3n) is 2.60. The van der Waals surface area contributed by atoms with Crippen LogP contribution in [0.2, 0.25) is 0 Å². The molecule has 1 amide bonds. The van der Waals surface area contributed by atoms with Gasteiger partial charge < -0.3 is 15.4 Å². The Hall–Kier alpha value is -0.910. The summed E-state index contributed by atoms with van der Waals surface area (Å²) in [7, 11) is 0. The van der Waals surface area contributed by atoms with Crippen LogP contribution in [0.4, 0.5) is 0 Å². The number of ether oxygens (including phenoxy) is 1. The van der Waals surface area contributed by atoms with E-state index in [2.05, 4.69) is 0 Å². The van der Waals surface area contributed by atoms with E-state index in [1.54, 1.807) is 0 Å². The highest BCUT2D eigenvalue weighted by atomic mass is 32.1. The molecule has 1 aromatic heterocycles. The van der Waals surface area contributed by atoms with E-state index >= 15 is 0 Å². The summed E-state index contributed by atoms with van der Waals surface area (Å²) in [5, 5.41) is 2.01. The number of carbonyl (C=O) groups excluding carboxylic acids is 1. The van der Waals surface area contributed by atoms with E-state index in [-0.39, 0.29) is 5.91 Å². The molecular formula is C11H16N2O2S. The topological polar surface area (TPSA) is 55.6 Å². The molecule has 0 spiro atoms. The number of morpholine rings is 1. The quantitative estimate of drug-likeness (QED) is 0.847. The summed E-state index contributed by atoms with van der Waals surface area (Å²) in [4.78, 5) is 14.7. The van der Waals surface area contributed by atoms with Crippen molar-refractivity contribution in [2.24, 2.45) is 5.73 Å². The monoisotopic (exact) mass is 240 g/mol. The molecule has 5 heteroatoms. The first-order valence-corrected chi connectivity index (χ1v) is 6.33. The predicted molar refractivity (Wildman–Crippen MR) is 63.8 cm³/mol. The summed E-state index contributed by atoms with van der Waals surface area (Å²) in [6.07, 6.45) is 0.840. The molecule has 1 saturated heterocycles. The smallest absolute Gasteiger partial charge is 0.264 e. The van der Waals surface area contributed by atoms with Gasteiger partial charge in [-0.15, -0.1) is 11.3 Å². The number of carbonyl (C=O) groups is 1. The molecule has 1 aliphatic rings. The molecule has 2 heterocycles. The van der Waals surface area contributed by atoms with Gasteiger partial charge in [-0.05, 0) is 30.0 Å². The van der Waals surface area contributed by atoms with Crippen LogP contribution in [0.3, 0.4) is 0 Å². The first kappa shape index (κ1) is 11.6. The van der Waals surface area contributed by atoms with E-state index in [1.165, 1.54) is 11.3 Å². The molecule has 2 rings (SSSR count). The van der Waals surface area contributed by atoms with Crippen molar-refractivity contribution in [2.75, 3.05) is 32.8 Å². The maximum Gasteiger partial charge on any atom is 0.264 e. The Balaban J connectivity index is 2.01. The number of thiophene rings is 1. The van der Waals surface area contributed by atoms with Gasteiger partial charge in [0, 0.05) is 13.1 Å². The second kappa shape index (κ2) is 5.43. The summed E-state index contributed by atoms with van der Waals surface area (Å²) < 4.78 is 5.22. The van der Waals surface area contributed by atoms with Gasteiger partial charge in [-0.2, -0.15) is 0 Å². The molecule has 2 N–H and O–H groups in total. The van der Waals surface area contributed by atoms with Crippen LogP contribution in [0.5, 0.6) is 0 Å². The molecular weight excluding hydrogens is 224 g/mol. The molecule has 0 atom stereocenters. The minimum atomic E-state index is 0.122. The molecule has 0 radical (unpaired) electrons. The SMILES string of the molecule is NCCc1csc(C(=O)N2CCOCC2)c1. The van der Waals surface area contributed by atoms with Crippen molar-refractivity contribution >= 4 is 17.2 Å². The zero-order valence-electron chi connectivity index (χ0n) is 9.15. The number of hydrogen-bond donors (Lipinski definition) is 1. The average Bonchev–Trinajstić information content (AvgIpc) is 2.78. The third kappa shape index (κ3) is 2.61. The van der Waals surface area contributed by atoms with Crippen molar-refractivity contribution in [3.63, 3.8) is 0 Å². The Labute approximate surface area is 99.0 Å². The first-order valence-electron chi connectivity index (χ1n) is 5.46. The molecule has 4 nitrogen and oxygen atoms in total. The first-order chi connectivity index (χ1) is 7.81. The lowest BCUT2D eigenvalue weighted by molar-refractivity contribution is 0.0306. The Morgan fingerprint density at radius 1 is 1.50 bits per heavy atom. The average molecular weight is 240 g/mol. The van der Waals surface area contributed by atoms with Crippen molar-refractivity contribution in [3.8, 4) is 0 Å². The van der Waals surface area contributed by atoms with Crippen LogP contribution in [0.25, 0.3) is 0 Å². The zero-order chi connectivity index (χ0) is 11.4. The van der Waals surface area contributed by atoms with Crippen LogP contribution in [0, 0.1) is 0 Å². The fourth-order valence-corrected chi connectivity index (χ4v) is 2.62. The molecule has 1 aromatic rings. The Morgan fingerprint density at radius 2 is 2.25 bits per heavy atom. The van der Waals surface area contributed by atoms with Crippen molar-refractivity contribution in [3.05, 3.63) is 21.9 Å². The highest BCUT2D eigenvalue weighted by Gasteiger charge is 2.19. The second-order valence-electron chi connectivity index (χ2n) is 3.76. The van der Waals surface area contributed by atoms with Gasteiger partial charge in [-0.3, -0.25) is 4.79 Å². The predicted octanol–water partition coefficient (Wildman–Crippen LogP) is 0.722. The summed E-state index contributed by atoms with van der Waals surface area (Å²) >= 11 is 1.50. The van der Waals surface area contributed by atoms with Gasteiger partial charge in [-0.25, -0.2) is 0 Å². The van der Waals surface area contributed by atoms with Gasteiger partial charge in [0.25, 0.3) is 5.91 Å². The fraction of sp³-hybridized carbons (Fsp3) is 0.545. The molecule has 0 aliphatic carbocycles. The normalized spacial score (nSPS) is 16.4. The minimum absolute atomic E-state index is 0.122. The molecule has 0 saturated carbocycles. The molecule has 1 fully saturated rings. The summed E-state index contributed by atoms with van der Waals surface area (Å²) in [5.41, 5.74) is 6.64. The number of hydrogen-bond acceptors (Lipinski definition) is 4. The van der Waals surface area contributed by atoms with Gasteiger partial charge in [0.05, 0.1) is 18.1 Å². The molecule has 0 unspecified atom stereocenters. The zero-order valence-corrected chi connectivity index (χ0v) is 9.96. The van der Waals surface area contributed by atoms with Crippen LogP contribution in [-0.4, -0.2) is 43.7 Å². The standard InChI is InChI=1S/C11H16N2O2S/c12-2-1-9-7-10(16-8-9)11(14)13-3-5-15-6-4-13/h7-8H,1-6,12H2. The number of amides is 1.